The summed E-state index contributed by atoms with van der Waals surface area (Å²) in [6.45, 7) is 4.35. The van der Waals surface area contributed by atoms with Gasteiger partial charge in [0.1, 0.15) is 17.5 Å². The van der Waals surface area contributed by atoms with Gasteiger partial charge in [0, 0.05) is 19.0 Å². The Morgan fingerprint density at radius 2 is 1.93 bits per heavy atom. The highest BCUT2D eigenvalue weighted by Gasteiger charge is 2.21. The number of nitrogens with zero attached hydrogens (tertiary/aromatic N) is 3. The van der Waals surface area contributed by atoms with Crippen molar-refractivity contribution >= 4 is 23.4 Å². The van der Waals surface area contributed by atoms with Crippen molar-refractivity contribution in [1.82, 2.24) is 14.8 Å². The molecule has 8 heteroatoms. The summed E-state index contributed by atoms with van der Waals surface area (Å²) in [6.07, 6.45) is 0.642. The number of carbonyl (C=O) groups is 1. The van der Waals surface area contributed by atoms with E-state index >= 15 is 0 Å². The molecule has 3 aromatic rings. The molecule has 2 aromatic carbocycles. The monoisotopic (exact) mass is 402 g/mol. The Morgan fingerprint density at radius 1 is 1.18 bits per heavy atom. The van der Waals surface area contributed by atoms with Gasteiger partial charge in [0.25, 0.3) is 0 Å². The van der Waals surface area contributed by atoms with Crippen LogP contribution >= 0.6 is 11.8 Å². The van der Waals surface area contributed by atoms with Gasteiger partial charge in [-0.2, -0.15) is 0 Å². The number of amides is 1. The molecule has 3 rings (SSSR count). The first-order valence-corrected chi connectivity index (χ1v) is 9.74. The number of thioether (sulfide) groups is 1. The predicted octanol–water partition coefficient (Wildman–Crippen LogP) is 4.29. The minimum atomic E-state index is -0.813. The lowest BCUT2D eigenvalue weighted by Crippen LogP contribution is -2.23. The third-order valence-electron chi connectivity index (χ3n) is 4.16. The number of halogens is 2. The van der Waals surface area contributed by atoms with Gasteiger partial charge in [-0.25, -0.2) is 8.78 Å². The fourth-order valence-electron chi connectivity index (χ4n) is 2.67. The molecule has 0 aliphatic carbocycles. The minimum Gasteiger partial charge on any atom is -0.323 e. The Bertz CT molecular complexity index is 962. The molecule has 0 radical (unpaired) electrons. The average Bonchev–Trinajstić information content (AvgIpc) is 3.05. The van der Waals surface area contributed by atoms with Crippen LogP contribution in [0.2, 0.25) is 0 Å². The lowest BCUT2D eigenvalue weighted by Gasteiger charge is -2.13. The number of nitrogens with one attached hydrogen (secondary N) is 1. The van der Waals surface area contributed by atoms with E-state index in [9.17, 15) is 13.6 Å². The van der Waals surface area contributed by atoms with Crippen LogP contribution < -0.4 is 5.32 Å². The largest absolute Gasteiger partial charge is 0.323 e. The lowest BCUT2D eigenvalue weighted by molar-refractivity contribution is -0.115. The maximum Gasteiger partial charge on any atom is 0.237 e. The number of anilines is 1. The predicted molar refractivity (Wildman–Crippen MR) is 105 cm³/mol. The number of hydrogen-bond donors (Lipinski definition) is 1. The van der Waals surface area contributed by atoms with Crippen LogP contribution in [-0.2, 0) is 17.8 Å². The van der Waals surface area contributed by atoms with Gasteiger partial charge >= 0.3 is 0 Å². The van der Waals surface area contributed by atoms with Gasteiger partial charge in [-0.15, -0.1) is 10.2 Å². The summed E-state index contributed by atoms with van der Waals surface area (Å²) in [4.78, 5) is 12.4. The second-order valence-electron chi connectivity index (χ2n) is 6.18. The van der Waals surface area contributed by atoms with Crippen LogP contribution in [0.3, 0.4) is 0 Å². The summed E-state index contributed by atoms with van der Waals surface area (Å²) < 4.78 is 28.7. The molecule has 0 saturated heterocycles. The fourth-order valence-corrected chi connectivity index (χ4v) is 3.60. The van der Waals surface area contributed by atoms with Crippen LogP contribution in [0.25, 0.3) is 0 Å². The summed E-state index contributed by atoms with van der Waals surface area (Å²) >= 11 is 1.24. The van der Waals surface area contributed by atoms with E-state index in [1.54, 1.807) is 6.92 Å². The third-order valence-corrected chi connectivity index (χ3v) is 5.24. The van der Waals surface area contributed by atoms with E-state index < -0.39 is 22.8 Å². The van der Waals surface area contributed by atoms with Crippen LogP contribution in [-0.4, -0.2) is 25.9 Å². The zero-order valence-corrected chi connectivity index (χ0v) is 16.3. The van der Waals surface area contributed by atoms with E-state index in [-0.39, 0.29) is 5.69 Å². The maximum atomic E-state index is 13.7. The van der Waals surface area contributed by atoms with Crippen LogP contribution in [0.1, 0.15) is 25.2 Å². The number of rotatable bonds is 7. The van der Waals surface area contributed by atoms with Crippen LogP contribution in [0, 0.1) is 11.6 Å². The summed E-state index contributed by atoms with van der Waals surface area (Å²) in [7, 11) is 0. The van der Waals surface area contributed by atoms with Gasteiger partial charge in [-0.1, -0.05) is 42.1 Å². The van der Waals surface area contributed by atoms with Crippen LogP contribution in [0.5, 0.6) is 0 Å². The molecular formula is C20H20F2N4OS. The van der Waals surface area contributed by atoms with Gasteiger partial charge in [-0.05, 0) is 31.5 Å². The first-order valence-electron chi connectivity index (χ1n) is 8.86. The first kappa shape index (κ1) is 20.0. The second-order valence-corrected chi connectivity index (χ2v) is 7.49. The molecule has 5 nitrogen and oxygen atoms in total. The zero-order chi connectivity index (χ0) is 20.1. The smallest absolute Gasteiger partial charge is 0.237 e. The normalized spacial score (nSPS) is 12.0. The molecule has 1 heterocycles. The van der Waals surface area contributed by atoms with Crippen molar-refractivity contribution in [2.24, 2.45) is 0 Å². The summed E-state index contributed by atoms with van der Waals surface area (Å²) in [5.74, 6) is -1.09. The molecule has 1 N–H and O–H groups in total. The van der Waals surface area contributed by atoms with Crippen LogP contribution in [0.4, 0.5) is 14.5 Å². The molecule has 0 bridgehead atoms. The lowest BCUT2D eigenvalue weighted by atomic mass is 10.1. The molecule has 0 aliphatic rings. The maximum absolute atomic E-state index is 13.7. The highest BCUT2D eigenvalue weighted by Crippen LogP contribution is 2.25. The zero-order valence-electron chi connectivity index (χ0n) is 15.5. The van der Waals surface area contributed by atoms with Gasteiger partial charge < -0.3 is 9.88 Å². The Kier molecular flexibility index (Phi) is 6.41. The molecule has 28 heavy (non-hydrogen) atoms. The summed E-state index contributed by atoms with van der Waals surface area (Å²) in [6, 6.07) is 13.0. The fraction of sp³-hybridized carbons (Fsp3) is 0.250. The van der Waals surface area contributed by atoms with Crippen molar-refractivity contribution in [2.45, 2.75) is 37.2 Å². The number of benzene rings is 2. The van der Waals surface area contributed by atoms with Crippen LogP contribution in [0.15, 0.2) is 53.7 Å². The summed E-state index contributed by atoms with van der Waals surface area (Å²) in [5.41, 5.74) is 1.07. The molecule has 0 spiro atoms. The topological polar surface area (TPSA) is 59.8 Å². The van der Waals surface area contributed by atoms with Crippen molar-refractivity contribution in [3.8, 4) is 0 Å². The first-order chi connectivity index (χ1) is 13.5. The average molecular weight is 402 g/mol. The van der Waals surface area contributed by atoms with E-state index in [4.69, 9.17) is 0 Å². The van der Waals surface area contributed by atoms with E-state index in [0.717, 1.165) is 23.5 Å². The SMILES string of the molecule is CCn1c(Cc2ccccc2)nnc1SC(C)C(=O)Nc1ccc(F)cc1F. The Morgan fingerprint density at radius 3 is 2.61 bits per heavy atom. The van der Waals surface area contributed by atoms with Crippen molar-refractivity contribution in [1.29, 1.82) is 0 Å². The molecule has 0 aliphatic heterocycles. The highest BCUT2D eigenvalue weighted by molar-refractivity contribution is 8.00. The molecule has 146 valence electrons. The summed E-state index contributed by atoms with van der Waals surface area (Å²) in [5, 5.41) is 11.0. The van der Waals surface area contributed by atoms with Gasteiger partial charge in [0.2, 0.25) is 5.91 Å². The van der Waals surface area contributed by atoms with E-state index in [0.29, 0.717) is 18.1 Å². The van der Waals surface area contributed by atoms with E-state index in [2.05, 4.69) is 15.5 Å². The van der Waals surface area contributed by atoms with Crippen molar-refractivity contribution < 1.29 is 13.6 Å². The Labute approximate surface area is 166 Å². The Balaban J connectivity index is 1.69. The third kappa shape index (κ3) is 4.75. The highest BCUT2D eigenvalue weighted by atomic mass is 32.2. The number of carbonyl (C=O) groups excluding carboxylic acids is 1. The van der Waals surface area contributed by atoms with Gasteiger partial charge in [0.05, 0.1) is 10.9 Å². The van der Waals surface area contributed by atoms with Crippen molar-refractivity contribution in [3.05, 3.63) is 71.6 Å². The van der Waals surface area contributed by atoms with Crippen molar-refractivity contribution in [3.63, 3.8) is 0 Å². The van der Waals surface area contributed by atoms with E-state index in [1.807, 2.05) is 41.8 Å². The Hall–Kier alpha value is -2.74. The number of hydrogen-bond acceptors (Lipinski definition) is 4. The standard InChI is InChI=1S/C20H20F2N4OS/c1-3-26-18(11-14-7-5-4-6-8-14)24-25-20(26)28-13(2)19(27)23-17-10-9-15(21)12-16(17)22/h4-10,12-13H,3,11H2,1-2H3,(H,23,27). The molecule has 1 amide bonds. The number of aromatic nitrogens is 3. The molecule has 1 atom stereocenters. The molecule has 1 unspecified atom stereocenters. The van der Waals surface area contributed by atoms with Gasteiger partial charge in [-0.3, -0.25) is 4.79 Å². The van der Waals surface area contributed by atoms with Crippen molar-refractivity contribution in [2.75, 3.05) is 5.32 Å². The molecule has 1 aromatic heterocycles. The molecule has 0 fully saturated rings. The van der Waals surface area contributed by atoms with E-state index in [1.165, 1.54) is 17.8 Å². The minimum absolute atomic E-state index is 0.0550. The molecule has 0 saturated carbocycles. The second kappa shape index (κ2) is 8.97. The van der Waals surface area contributed by atoms with Gasteiger partial charge in [0.15, 0.2) is 5.16 Å². The quantitative estimate of drug-likeness (QED) is 0.599. The molecular weight excluding hydrogens is 382 g/mol.